The zero-order valence-corrected chi connectivity index (χ0v) is 23.2. The van der Waals surface area contributed by atoms with E-state index in [4.69, 9.17) is 14.2 Å². The van der Waals surface area contributed by atoms with E-state index < -0.39 is 30.1 Å². The molecule has 10 nitrogen and oxygen atoms in total. The number of aliphatic hydroxyl groups is 2. The molecule has 41 heavy (non-hydrogen) atoms. The maximum Gasteiger partial charge on any atom is 0.247 e. The molecule has 2 aromatic rings. The fourth-order valence-corrected chi connectivity index (χ4v) is 5.93. The number of benzene rings is 2. The maximum absolute atomic E-state index is 13.8. The van der Waals surface area contributed by atoms with Crippen molar-refractivity contribution in [3.05, 3.63) is 64.7 Å². The van der Waals surface area contributed by atoms with E-state index in [-0.39, 0.29) is 25.0 Å². The summed E-state index contributed by atoms with van der Waals surface area (Å²) in [6.45, 7) is 0.101. The quantitative estimate of drug-likeness (QED) is 0.353. The van der Waals surface area contributed by atoms with Crippen molar-refractivity contribution < 1.29 is 38.8 Å². The van der Waals surface area contributed by atoms with Crippen LogP contribution in [0, 0.1) is 5.92 Å². The van der Waals surface area contributed by atoms with E-state index in [0.717, 1.165) is 24.8 Å². The smallest absolute Gasteiger partial charge is 0.247 e. The van der Waals surface area contributed by atoms with Crippen LogP contribution < -0.4 is 19.5 Å². The summed E-state index contributed by atoms with van der Waals surface area (Å²) in [4.78, 5) is 40.6. The first kappa shape index (κ1) is 28.6. The van der Waals surface area contributed by atoms with E-state index in [0.29, 0.717) is 53.2 Å². The number of aldehydes is 1. The number of amides is 2. The van der Waals surface area contributed by atoms with Crippen molar-refractivity contribution in [1.82, 2.24) is 10.2 Å². The van der Waals surface area contributed by atoms with Crippen LogP contribution in [0.5, 0.6) is 17.2 Å². The molecule has 2 amide bonds. The van der Waals surface area contributed by atoms with Crippen molar-refractivity contribution in [2.24, 2.45) is 5.92 Å². The highest BCUT2D eigenvalue weighted by atomic mass is 16.5. The first-order valence-electron chi connectivity index (χ1n) is 14.0. The SMILES string of the molecule is COc1cccc(CCN(C(=O)C2CCC2)[C@@H]2C=C(C(=O)NCCO)[C@@H]3c4cc(C=O)cc(OC)c4O[C@@H]3[C@H]2O)c1. The number of fused-ring (bicyclic) bond motifs is 3. The lowest BCUT2D eigenvalue weighted by Gasteiger charge is -2.43. The Morgan fingerprint density at radius 2 is 1.98 bits per heavy atom. The second-order valence-electron chi connectivity index (χ2n) is 10.7. The molecule has 3 aliphatic rings. The second-order valence-corrected chi connectivity index (χ2v) is 10.7. The van der Waals surface area contributed by atoms with E-state index in [1.807, 2.05) is 24.3 Å². The minimum absolute atomic E-state index is 0.0345. The first-order valence-corrected chi connectivity index (χ1v) is 14.0. The van der Waals surface area contributed by atoms with Crippen molar-refractivity contribution >= 4 is 18.1 Å². The Morgan fingerprint density at radius 1 is 1.17 bits per heavy atom. The lowest BCUT2D eigenvalue weighted by atomic mass is 9.76. The van der Waals surface area contributed by atoms with Gasteiger partial charge in [-0.3, -0.25) is 14.4 Å². The molecule has 5 rings (SSSR count). The van der Waals surface area contributed by atoms with Gasteiger partial charge in [-0.1, -0.05) is 18.6 Å². The van der Waals surface area contributed by atoms with Crippen LogP contribution in [0.25, 0.3) is 0 Å². The van der Waals surface area contributed by atoms with Crippen molar-refractivity contribution in [2.45, 2.75) is 49.9 Å². The summed E-state index contributed by atoms with van der Waals surface area (Å²) < 4.78 is 17.1. The van der Waals surface area contributed by atoms with Gasteiger partial charge >= 0.3 is 0 Å². The topological polar surface area (TPSA) is 135 Å². The molecule has 218 valence electrons. The summed E-state index contributed by atoms with van der Waals surface area (Å²) in [5, 5.41) is 23.8. The third-order valence-electron chi connectivity index (χ3n) is 8.28. The summed E-state index contributed by atoms with van der Waals surface area (Å²) >= 11 is 0. The van der Waals surface area contributed by atoms with Gasteiger partial charge in [0.05, 0.1) is 32.8 Å². The van der Waals surface area contributed by atoms with Crippen LogP contribution in [-0.4, -0.2) is 85.4 Å². The summed E-state index contributed by atoms with van der Waals surface area (Å²) in [6, 6.07) is 9.95. The molecule has 0 unspecified atom stereocenters. The second kappa shape index (κ2) is 12.3. The van der Waals surface area contributed by atoms with Gasteiger partial charge in [0.25, 0.3) is 0 Å². The Balaban J connectivity index is 1.54. The number of ether oxygens (including phenoxy) is 3. The molecule has 0 bridgehead atoms. The maximum atomic E-state index is 13.8. The van der Waals surface area contributed by atoms with Gasteiger partial charge in [-0.2, -0.15) is 0 Å². The molecule has 3 N–H and O–H groups in total. The van der Waals surface area contributed by atoms with Gasteiger partial charge in [0.2, 0.25) is 11.8 Å². The van der Waals surface area contributed by atoms with Crippen LogP contribution in [0.15, 0.2) is 48.0 Å². The number of nitrogens with zero attached hydrogens (tertiary/aromatic N) is 1. The Morgan fingerprint density at radius 3 is 2.63 bits per heavy atom. The molecule has 0 aromatic heterocycles. The van der Waals surface area contributed by atoms with Crippen molar-refractivity contribution in [1.29, 1.82) is 0 Å². The molecule has 1 fully saturated rings. The molecular weight excluding hydrogens is 528 g/mol. The highest BCUT2D eigenvalue weighted by molar-refractivity contribution is 5.96. The number of methoxy groups -OCH3 is 2. The largest absolute Gasteiger partial charge is 0.497 e. The minimum atomic E-state index is -1.17. The molecule has 4 atom stereocenters. The molecule has 10 heteroatoms. The average molecular weight is 565 g/mol. The Labute approximate surface area is 238 Å². The Bertz CT molecular complexity index is 1340. The van der Waals surface area contributed by atoms with E-state index in [2.05, 4.69) is 5.32 Å². The predicted octanol–water partition coefficient (Wildman–Crippen LogP) is 2.01. The van der Waals surface area contributed by atoms with Gasteiger partial charge in [-0.05, 0) is 55.2 Å². The normalized spacial score (nSPS) is 22.8. The highest BCUT2D eigenvalue weighted by Gasteiger charge is 2.52. The standard InChI is InChI=1S/C31H36N2O8/c1-39-21-8-3-5-18(13-21)9-11-33(31(38)20-6-4-7-20)24-16-23(30(37)32-10-12-34)26-22-14-19(17-35)15-25(40-2)28(22)41-29(26)27(24)36/h3,5,8,13-17,20,24,26-27,29,34,36H,4,6-7,9-12H2,1-2H3,(H,32,37)/t24-,26+,27+,29+/m1/s1. The summed E-state index contributed by atoms with van der Waals surface area (Å²) in [6.07, 6.45) is 3.32. The lowest BCUT2D eigenvalue weighted by Crippen LogP contribution is -2.57. The number of aliphatic hydroxyl groups excluding tert-OH is 2. The van der Waals surface area contributed by atoms with E-state index in [9.17, 15) is 24.6 Å². The van der Waals surface area contributed by atoms with Crippen molar-refractivity contribution in [3.8, 4) is 17.2 Å². The number of carbonyl (C=O) groups is 3. The van der Waals surface area contributed by atoms with Crippen LogP contribution in [0.3, 0.4) is 0 Å². The molecule has 1 saturated carbocycles. The fraction of sp³-hybridized carbons (Fsp3) is 0.452. The predicted molar refractivity (Wildman–Crippen MR) is 149 cm³/mol. The van der Waals surface area contributed by atoms with Crippen LogP contribution in [0.4, 0.5) is 0 Å². The monoisotopic (exact) mass is 564 g/mol. The first-order chi connectivity index (χ1) is 19.9. The molecule has 2 aromatic carbocycles. The van der Waals surface area contributed by atoms with Gasteiger partial charge in [0, 0.05) is 35.7 Å². The Kier molecular flexibility index (Phi) is 8.60. The molecule has 1 heterocycles. The number of carbonyl (C=O) groups excluding carboxylic acids is 3. The molecule has 1 aliphatic heterocycles. The number of hydrogen-bond acceptors (Lipinski definition) is 8. The Hall–Kier alpha value is -3.89. The van der Waals surface area contributed by atoms with Crippen LogP contribution in [0.2, 0.25) is 0 Å². The van der Waals surface area contributed by atoms with Crippen molar-refractivity contribution in [2.75, 3.05) is 33.9 Å². The average Bonchev–Trinajstić information content (AvgIpc) is 3.35. The number of rotatable bonds is 11. The summed E-state index contributed by atoms with van der Waals surface area (Å²) in [5.74, 6) is 0.0275. The minimum Gasteiger partial charge on any atom is -0.497 e. The van der Waals surface area contributed by atoms with E-state index in [1.165, 1.54) is 7.11 Å². The van der Waals surface area contributed by atoms with Crippen LogP contribution >= 0.6 is 0 Å². The summed E-state index contributed by atoms with van der Waals surface area (Å²) in [5.41, 5.74) is 2.17. The number of nitrogens with one attached hydrogen (secondary N) is 1. The van der Waals surface area contributed by atoms with Gasteiger partial charge in [-0.25, -0.2) is 0 Å². The third kappa shape index (κ3) is 5.54. The summed E-state index contributed by atoms with van der Waals surface area (Å²) in [7, 11) is 3.05. The lowest BCUT2D eigenvalue weighted by molar-refractivity contribution is -0.144. The molecule has 0 saturated heterocycles. The zero-order chi connectivity index (χ0) is 29.1. The van der Waals surface area contributed by atoms with Gasteiger partial charge in [0.1, 0.15) is 24.2 Å². The molecular formula is C31H36N2O8. The van der Waals surface area contributed by atoms with Crippen LogP contribution in [-0.2, 0) is 16.0 Å². The number of hydrogen-bond donors (Lipinski definition) is 3. The molecule has 2 aliphatic carbocycles. The van der Waals surface area contributed by atoms with E-state index >= 15 is 0 Å². The van der Waals surface area contributed by atoms with Gasteiger partial charge in [-0.15, -0.1) is 0 Å². The van der Waals surface area contributed by atoms with Crippen molar-refractivity contribution in [3.63, 3.8) is 0 Å². The van der Waals surface area contributed by atoms with Gasteiger partial charge in [0.15, 0.2) is 11.5 Å². The van der Waals surface area contributed by atoms with Gasteiger partial charge < -0.3 is 34.6 Å². The van der Waals surface area contributed by atoms with E-state index in [1.54, 1.807) is 30.2 Å². The third-order valence-corrected chi connectivity index (χ3v) is 8.28. The van der Waals surface area contributed by atoms with Crippen LogP contribution in [0.1, 0.15) is 46.7 Å². The fourth-order valence-electron chi connectivity index (χ4n) is 5.93. The highest BCUT2D eigenvalue weighted by Crippen LogP contribution is 2.51. The molecule has 0 radical (unpaired) electrons. The molecule has 0 spiro atoms. The zero-order valence-electron chi connectivity index (χ0n) is 23.2.